The normalized spacial score (nSPS) is 11.4. The molecule has 0 saturated carbocycles. The highest BCUT2D eigenvalue weighted by Crippen LogP contribution is 2.32. The van der Waals surface area contributed by atoms with Gasteiger partial charge in [-0.05, 0) is 69.3 Å². The first-order valence-corrected chi connectivity index (χ1v) is 8.31. The van der Waals surface area contributed by atoms with Crippen molar-refractivity contribution in [1.29, 1.82) is 0 Å². The van der Waals surface area contributed by atoms with Gasteiger partial charge in [-0.25, -0.2) is 4.98 Å². The van der Waals surface area contributed by atoms with E-state index < -0.39 is 0 Å². The fourth-order valence-corrected chi connectivity index (χ4v) is 2.75. The summed E-state index contributed by atoms with van der Waals surface area (Å²) >= 11 is 0. The summed E-state index contributed by atoms with van der Waals surface area (Å²) in [6.07, 6.45) is 0. The van der Waals surface area contributed by atoms with Gasteiger partial charge in [0.25, 0.3) is 0 Å². The number of hydrogen-bond acceptors (Lipinski definition) is 4. The van der Waals surface area contributed by atoms with Crippen molar-refractivity contribution in [2.75, 3.05) is 19.5 Å². The zero-order chi connectivity index (χ0) is 18.0. The van der Waals surface area contributed by atoms with E-state index in [9.17, 15) is 0 Å². The van der Waals surface area contributed by atoms with Crippen LogP contribution in [0, 0.1) is 0 Å². The molecule has 0 bridgehead atoms. The monoisotopic (exact) mass is 336 g/mol. The maximum absolute atomic E-state index is 5.38. The fraction of sp³-hybridized carbons (Fsp3) is 0.286. The van der Waals surface area contributed by atoms with Crippen LogP contribution in [0.4, 0.5) is 5.69 Å². The van der Waals surface area contributed by atoms with Crippen LogP contribution in [0.2, 0.25) is 0 Å². The quantitative estimate of drug-likeness (QED) is 0.717. The van der Waals surface area contributed by atoms with Gasteiger partial charge < -0.3 is 14.8 Å². The second-order valence-corrected chi connectivity index (χ2v) is 7.04. The van der Waals surface area contributed by atoms with E-state index >= 15 is 0 Å². The number of nitrogens with zero attached hydrogens (tertiary/aromatic N) is 1. The molecule has 1 aromatic heterocycles. The molecule has 130 valence electrons. The predicted molar refractivity (Wildman–Crippen MR) is 104 cm³/mol. The SMILES string of the molecule is COc1ccc(-c2cc(NC(C)(C)C)c3cc(OC)ccc3n2)cc1. The Morgan fingerprint density at radius 1 is 0.840 bits per heavy atom. The largest absolute Gasteiger partial charge is 0.497 e. The Balaban J connectivity index is 2.16. The molecule has 0 aliphatic rings. The smallest absolute Gasteiger partial charge is 0.119 e. The van der Waals surface area contributed by atoms with Gasteiger partial charge in [0.15, 0.2) is 0 Å². The first-order valence-electron chi connectivity index (χ1n) is 8.31. The lowest BCUT2D eigenvalue weighted by Crippen LogP contribution is -2.26. The summed E-state index contributed by atoms with van der Waals surface area (Å²) in [5.41, 5.74) is 3.89. The molecule has 0 fully saturated rings. The lowest BCUT2D eigenvalue weighted by molar-refractivity contribution is 0.415. The highest BCUT2D eigenvalue weighted by atomic mass is 16.5. The molecule has 0 aliphatic heterocycles. The van der Waals surface area contributed by atoms with Crippen molar-refractivity contribution >= 4 is 16.6 Å². The Labute approximate surface area is 148 Å². The fourth-order valence-electron chi connectivity index (χ4n) is 2.75. The van der Waals surface area contributed by atoms with E-state index in [-0.39, 0.29) is 5.54 Å². The maximum atomic E-state index is 5.38. The highest BCUT2D eigenvalue weighted by molar-refractivity contribution is 5.95. The molecule has 0 amide bonds. The third kappa shape index (κ3) is 3.85. The molecule has 0 atom stereocenters. The van der Waals surface area contributed by atoms with Gasteiger partial charge in [0.2, 0.25) is 0 Å². The molecular formula is C21H24N2O2. The second-order valence-electron chi connectivity index (χ2n) is 7.04. The zero-order valence-corrected chi connectivity index (χ0v) is 15.4. The molecular weight excluding hydrogens is 312 g/mol. The van der Waals surface area contributed by atoms with E-state index in [1.54, 1.807) is 14.2 Å². The molecule has 0 radical (unpaired) electrons. The summed E-state index contributed by atoms with van der Waals surface area (Å²) in [5.74, 6) is 1.66. The molecule has 2 aromatic carbocycles. The molecule has 4 heteroatoms. The Morgan fingerprint density at radius 2 is 1.48 bits per heavy atom. The van der Waals surface area contributed by atoms with E-state index in [0.717, 1.165) is 39.3 Å². The van der Waals surface area contributed by atoms with Gasteiger partial charge in [-0.15, -0.1) is 0 Å². The van der Waals surface area contributed by atoms with Crippen molar-refractivity contribution in [3.63, 3.8) is 0 Å². The predicted octanol–water partition coefficient (Wildman–Crippen LogP) is 5.13. The van der Waals surface area contributed by atoms with Crippen LogP contribution in [-0.4, -0.2) is 24.7 Å². The van der Waals surface area contributed by atoms with E-state index in [2.05, 4.69) is 32.2 Å². The molecule has 0 spiro atoms. The summed E-state index contributed by atoms with van der Waals surface area (Å²) in [6, 6.07) is 16.0. The van der Waals surface area contributed by atoms with Gasteiger partial charge in [0.1, 0.15) is 11.5 Å². The number of methoxy groups -OCH3 is 2. The van der Waals surface area contributed by atoms with Gasteiger partial charge in [0.05, 0.1) is 25.4 Å². The second kappa shape index (κ2) is 6.63. The van der Waals surface area contributed by atoms with Crippen LogP contribution in [0.15, 0.2) is 48.5 Å². The lowest BCUT2D eigenvalue weighted by Gasteiger charge is -2.24. The molecule has 0 saturated heterocycles. The zero-order valence-electron chi connectivity index (χ0n) is 15.4. The summed E-state index contributed by atoms with van der Waals surface area (Å²) in [7, 11) is 3.35. The first kappa shape index (κ1) is 17.1. The van der Waals surface area contributed by atoms with Gasteiger partial charge in [-0.3, -0.25) is 0 Å². The number of aromatic nitrogens is 1. The number of nitrogens with one attached hydrogen (secondary N) is 1. The maximum Gasteiger partial charge on any atom is 0.119 e. The number of pyridine rings is 1. The molecule has 25 heavy (non-hydrogen) atoms. The van der Waals surface area contributed by atoms with Crippen molar-refractivity contribution in [3.05, 3.63) is 48.5 Å². The number of hydrogen-bond donors (Lipinski definition) is 1. The van der Waals surface area contributed by atoms with Gasteiger partial charge >= 0.3 is 0 Å². The molecule has 1 N–H and O–H groups in total. The Bertz CT molecular complexity index is 881. The van der Waals surface area contributed by atoms with Crippen LogP contribution in [0.5, 0.6) is 11.5 Å². The van der Waals surface area contributed by atoms with Crippen molar-refractivity contribution in [3.8, 4) is 22.8 Å². The summed E-state index contributed by atoms with van der Waals surface area (Å²) in [4.78, 5) is 4.83. The standard InChI is InChI=1S/C21H24N2O2/c1-21(2,3)23-20-13-19(14-6-8-15(24-4)9-7-14)22-18-11-10-16(25-5)12-17(18)20/h6-13H,1-5H3,(H,22,23). The Morgan fingerprint density at radius 3 is 2.08 bits per heavy atom. The molecule has 1 heterocycles. The highest BCUT2D eigenvalue weighted by Gasteiger charge is 2.15. The molecule has 3 aromatic rings. The van der Waals surface area contributed by atoms with E-state index in [0.29, 0.717) is 0 Å². The van der Waals surface area contributed by atoms with Gasteiger partial charge in [-0.1, -0.05) is 0 Å². The van der Waals surface area contributed by atoms with Crippen LogP contribution in [0.3, 0.4) is 0 Å². The number of fused-ring (bicyclic) bond motifs is 1. The van der Waals surface area contributed by atoms with E-state index in [4.69, 9.17) is 14.5 Å². The summed E-state index contributed by atoms with van der Waals surface area (Å²) in [6.45, 7) is 6.44. The molecule has 3 rings (SSSR count). The number of benzene rings is 2. The minimum absolute atomic E-state index is 0.0610. The van der Waals surface area contributed by atoms with Crippen LogP contribution in [0.1, 0.15) is 20.8 Å². The van der Waals surface area contributed by atoms with Crippen LogP contribution in [0.25, 0.3) is 22.2 Å². The summed E-state index contributed by atoms with van der Waals surface area (Å²) < 4.78 is 10.6. The van der Waals surface area contributed by atoms with Crippen molar-refractivity contribution < 1.29 is 9.47 Å². The topological polar surface area (TPSA) is 43.4 Å². The first-order chi connectivity index (χ1) is 11.9. The number of ether oxygens (including phenoxy) is 2. The van der Waals surface area contributed by atoms with Crippen molar-refractivity contribution in [1.82, 2.24) is 4.98 Å². The number of rotatable bonds is 4. The molecule has 0 unspecified atom stereocenters. The van der Waals surface area contributed by atoms with Crippen LogP contribution < -0.4 is 14.8 Å². The van der Waals surface area contributed by atoms with E-state index in [1.165, 1.54) is 0 Å². The minimum Gasteiger partial charge on any atom is -0.497 e. The van der Waals surface area contributed by atoms with E-state index in [1.807, 2.05) is 42.5 Å². The Kier molecular flexibility index (Phi) is 4.53. The average molecular weight is 336 g/mol. The van der Waals surface area contributed by atoms with Gasteiger partial charge in [0, 0.05) is 22.2 Å². The minimum atomic E-state index is -0.0610. The van der Waals surface area contributed by atoms with Crippen LogP contribution in [-0.2, 0) is 0 Å². The van der Waals surface area contributed by atoms with Gasteiger partial charge in [-0.2, -0.15) is 0 Å². The molecule has 0 aliphatic carbocycles. The lowest BCUT2D eigenvalue weighted by atomic mass is 10.0. The third-order valence-corrected chi connectivity index (χ3v) is 3.91. The van der Waals surface area contributed by atoms with Crippen molar-refractivity contribution in [2.45, 2.75) is 26.3 Å². The third-order valence-electron chi connectivity index (χ3n) is 3.91. The average Bonchev–Trinajstić information content (AvgIpc) is 2.60. The number of anilines is 1. The Hall–Kier alpha value is -2.75. The van der Waals surface area contributed by atoms with Crippen LogP contribution >= 0.6 is 0 Å². The molecule has 4 nitrogen and oxygen atoms in total. The van der Waals surface area contributed by atoms with Crippen molar-refractivity contribution in [2.24, 2.45) is 0 Å². The summed E-state index contributed by atoms with van der Waals surface area (Å²) in [5, 5.41) is 4.64.